The first-order valence-electron chi connectivity index (χ1n) is 12.4. The lowest BCUT2D eigenvalue weighted by Crippen LogP contribution is -2.49. The van der Waals surface area contributed by atoms with Crippen molar-refractivity contribution in [3.05, 3.63) is 35.1 Å². The number of rotatable bonds is 4. The summed E-state index contributed by atoms with van der Waals surface area (Å²) in [5, 5.41) is 1.19. The monoisotopic (exact) mass is 421 g/mol. The minimum absolute atomic E-state index is 0.172. The predicted molar refractivity (Wildman–Crippen MR) is 124 cm³/mol. The van der Waals surface area contributed by atoms with Crippen molar-refractivity contribution < 1.29 is 13.9 Å². The molecule has 4 nitrogen and oxygen atoms in total. The number of nitrogens with zero attached hydrogens (tertiary/aromatic N) is 1. The summed E-state index contributed by atoms with van der Waals surface area (Å²) in [6.45, 7) is 5.55. The fourth-order valence-electron chi connectivity index (χ4n) is 6.12. The second-order valence-electron chi connectivity index (χ2n) is 9.60. The number of amides is 1. The van der Waals surface area contributed by atoms with E-state index in [1.54, 1.807) is 0 Å². The van der Waals surface area contributed by atoms with Crippen LogP contribution in [0.1, 0.15) is 82.1 Å². The van der Waals surface area contributed by atoms with E-state index >= 15 is 0 Å². The van der Waals surface area contributed by atoms with Crippen LogP contribution < -0.4 is 4.74 Å². The lowest BCUT2D eigenvalue weighted by atomic mass is 9.78. The summed E-state index contributed by atoms with van der Waals surface area (Å²) in [5.41, 5.74) is 4.28. The number of fused-ring (bicyclic) bond motifs is 4. The fraction of sp³-hybridized carbons (Fsp3) is 0.593. The van der Waals surface area contributed by atoms with E-state index in [1.165, 1.54) is 55.9 Å². The van der Waals surface area contributed by atoms with Crippen LogP contribution in [0.3, 0.4) is 0 Å². The number of carbonyl (C=O) groups excluding carboxylic acids is 1. The van der Waals surface area contributed by atoms with Gasteiger partial charge in [0, 0.05) is 47.7 Å². The molecule has 5 rings (SSSR count). The van der Waals surface area contributed by atoms with Crippen LogP contribution in [0.2, 0.25) is 0 Å². The molecule has 1 amide bonds. The first kappa shape index (κ1) is 20.7. The number of likely N-dealkylation sites (tertiary alicyclic amines) is 1. The van der Waals surface area contributed by atoms with Gasteiger partial charge in [0.1, 0.15) is 17.1 Å². The van der Waals surface area contributed by atoms with Crippen LogP contribution in [0.15, 0.2) is 22.6 Å². The van der Waals surface area contributed by atoms with Crippen molar-refractivity contribution in [1.82, 2.24) is 4.90 Å². The molecule has 1 aromatic heterocycles. The summed E-state index contributed by atoms with van der Waals surface area (Å²) in [5.74, 6) is 2.82. The van der Waals surface area contributed by atoms with Crippen LogP contribution in [-0.2, 0) is 17.6 Å². The van der Waals surface area contributed by atoms with Gasteiger partial charge >= 0.3 is 0 Å². The lowest BCUT2D eigenvalue weighted by Gasteiger charge is -2.43. The third-order valence-electron chi connectivity index (χ3n) is 7.65. The standard InChI is InChI=1S/C27H35NO3/c1-3-30-25-17-26-22(20-11-5-7-13-24(20)31-26)16-21(25)18(2)15-27(29)28-14-8-10-19-9-4-6-12-23(19)28/h15-17,19,23H,3-14H2,1-2H3/b18-15+. The molecule has 31 heavy (non-hydrogen) atoms. The first-order valence-corrected chi connectivity index (χ1v) is 12.4. The van der Waals surface area contributed by atoms with Gasteiger partial charge in [0.05, 0.1) is 6.61 Å². The molecule has 2 atom stereocenters. The molecule has 2 aliphatic carbocycles. The Morgan fingerprint density at radius 3 is 2.81 bits per heavy atom. The molecule has 0 radical (unpaired) electrons. The van der Waals surface area contributed by atoms with Crippen molar-refractivity contribution in [2.75, 3.05) is 13.2 Å². The van der Waals surface area contributed by atoms with Crippen LogP contribution >= 0.6 is 0 Å². The van der Waals surface area contributed by atoms with Crippen LogP contribution in [0, 0.1) is 5.92 Å². The predicted octanol–water partition coefficient (Wildman–Crippen LogP) is 6.29. The zero-order chi connectivity index (χ0) is 21.4. The molecule has 2 unspecified atom stereocenters. The van der Waals surface area contributed by atoms with Gasteiger partial charge in [-0.15, -0.1) is 0 Å². The molecular formula is C27H35NO3. The molecule has 2 heterocycles. The smallest absolute Gasteiger partial charge is 0.247 e. The molecule has 4 heteroatoms. The third-order valence-corrected chi connectivity index (χ3v) is 7.65. The zero-order valence-corrected chi connectivity index (χ0v) is 19.0. The average Bonchev–Trinajstić information content (AvgIpc) is 3.15. The van der Waals surface area contributed by atoms with Crippen LogP contribution in [0.25, 0.3) is 16.5 Å². The Bertz CT molecular complexity index is 1000. The molecule has 1 aliphatic heterocycles. The highest BCUT2D eigenvalue weighted by Gasteiger charge is 2.35. The van der Waals surface area contributed by atoms with Crippen molar-refractivity contribution in [3.63, 3.8) is 0 Å². The highest BCUT2D eigenvalue weighted by atomic mass is 16.5. The lowest BCUT2D eigenvalue weighted by molar-refractivity contribution is -0.132. The van der Waals surface area contributed by atoms with E-state index < -0.39 is 0 Å². The summed E-state index contributed by atoms with van der Waals surface area (Å²) in [6.07, 6.45) is 13.8. The van der Waals surface area contributed by atoms with Crippen molar-refractivity contribution in [2.45, 2.75) is 84.1 Å². The highest BCUT2D eigenvalue weighted by Crippen LogP contribution is 2.39. The van der Waals surface area contributed by atoms with Crippen molar-refractivity contribution >= 4 is 22.4 Å². The quantitative estimate of drug-likeness (QED) is 0.545. The third kappa shape index (κ3) is 3.90. The Morgan fingerprint density at radius 1 is 1.13 bits per heavy atom. The first-order chi connectivity index (χ1) is 15.2. The number of hydrogen-bond acceptors (Lipinski definition) is 3. The molecule has 1 aromatic carbocycles. The highest BCUT2D eigenvalue weighted by molar-refractivity contribution is 5.97. The summed E-state index contributed by atoms with van der Waals surface area (Å²) in [4.78, 5) is 15.5. The molecule has 2 fully saturated rings. The van der Waals surface area contributed by atoms with Gasteiger partial charge in [-0.05, 0) is 76.4 Å². The molecule has 1 saturated heterocycles. The van der Waals surface area contributed by atoms with E-state index in [0.29, 0.717) is 18.6 Å². The molecule has 1 saturated carbocycles. The van der Waals surface area contributed by atoms with E-state index in [1.807, 2.05) is 19.1 Å². The van der Waals surface area contributed by atoms with Crippen LogP contribution in [-0.4, -0.2) is 30.0 Å². The molecule has 2 aromatic rings. The number of allylic oxidation sites excluding steroid dienone is 1. The molecule has 0 bridgehead atoms. The largest absolute Gasteiger partial charge is 0.493 e. The minimum Gasteiger partial charge on any atom is -0.493 e. The van der Waals surface area contributed by atoms with Gasteiger partial charge in [0.2, 0.25) is 5.91 Å². The Balaban J connectivity index is 1.48. The maximum absolute atomic E-state index is 13.3. The van der Waals surface area contributed by atoms with Gasteiger partial charge in [-0.1, -0.05) is 12.8 Å². The zero-order valence-electron chi connectivity index (χ0n) is 19.0. The SMILES string of the molecule is CCOc1cc2oc3c(c2cc1/C(C)=C/C(=O)N1CCCC2CCCCC21)CCCC3. The topological polar surface area (TPSA) is 42.7 Å². The fourth-order valence-corrected chi connectivity index (χ4v) is 6.12. The average molecular weight is 422 g/mol. The number of benzene rings is 1. The Morgan fingerprint density at radius 2 is 1.94 bits per heavy atom. The molecule has 166 valence electrons. The maximum Gasteiger partial charge on any atom is 0.247 e. The normalized spacial score (nSPS) is 24.1. The number of ether oxygens (including phenoxy) is 1. The number of hydrogen-bond donors (Lipinski definition) is 0. The van der Waals surface area contributed by atoms with E-state index in [0.717, 1.165) is 54.0 Å². The van der Waals surface area contributed by atoms with E-state index in [9.17, 15) is 4.79 Å². The number of furan rings is 1. The van der Waals surface area contributed by atoms with Gasteiger partial charge < -0.3 is 14.1 Å². The van der Waals surface area contributed by atoms with Crippen LogP contribution in [0.5, 0.6) is 5.75 Å². The van der Waals surface area contributed by atoms with Gasteiger partial charge in [0.15, 0.2) is 0 Å². The molecule has 0 spiro atoms. The maximum atomic E-state index is 13.3. The summed E-state index contributed by atoms with van der Waals surface area (Å²) >= 11 is 0. The van der Waals surface area contributed by atoms with E-state index in [-0.39, 0.29) is 5.91 Å². The second kappa shape index (κ2) is 8.72. The Kier molecular flexibility index (Phi) is 5.81. The Hall–Kier alpha value is -2.23. The van der Waals surface area contributed by atoms with E-state index in [4.69, 9.17) is 9.15 Å². The van der Waals surface area contributed by atoms with Crippen LogP contribution in [0.4, 0.5) is 0 Å². The Labute approximate surface area is 185 Å². The summed E-state index contributed by atoms with van der Waals surface area (Å²) < 4.78 is 12.2. The summed E-state index contributed by atoms with van der Waals surface area (Å²) in [7, 11) is 0. The number of carbonyl (C=O) groups is 1. The van der Waals surface area contributed by atoms with Gasteiger partial charge in [0.25, 0.3) is 0 Å². The van der Waals surface area contributed by atoms with E-state index in [2.05, 4.69) is 17.9 Å². The van der Waals surface area contributed by atoms with Crippen molar-refractivity contribution in [1.29, 1.82) is 0 Å². The van der Waals surface area contributed by atoms with Gasteiger partial charge in [-0.2, -0.15) is 0 Å². The number of aryl methyl sites for hydroxylation is 2. The van der Waals surface area contributed by atoms with Crippen molar-refractivity contribution in [2.24, 2.45) is 5.92 Å². The molecular weight excluding hydrogens is 386 g/mol. The molecule has 0 N–H and O–H groups in total. The molecule has 3 aliphatic rings. The number of piperidine rings is 1. The summed E-state index contributed by atoms with van der Waals surface area (Å²) in [6, 6.07) is 4.67. The minimum atomic E-state index is 0.172. The van der Waals surface area contributed by atoms with Gasteiger partial charge in [-0.25, -0.2) is 0 Å². The van der Waals surface area contributed by atoms with Crippen molar-refractivity contribution in [3.8, 4) is 5.75 Å². The van der Waals surface area contributed by atoms with Gasteiger partial charge in [-0.3, -0.25) is 4.79 Å². The second-order valence-corrected chi connectivity index (χ2v) is 9.60.